The zero-order valence-corrected chi connectivity index (χ0v) is 16.2. The molecule has 2 fully saturated rings. The minimum absolute atomic E-state index is 0.0114. The van der Waals surface area contributed by atoms with Crippen molar-refractivity contribution in [2.45, 2.75) is 72.3 Å². The molecule has 5 nitrogen and oxygen atoms in total. The predicted molar refractivity (Wildman–Crippen MR) is 100 cm³/mol. The standard InChI is InChI=1S/C19H27N3O2S/c1-18(2)12-8-9-19(18,3)15(10-12)20-21-16(23)11-22-13-6-4-5-7-14(13)25-17(22)24/h12H,4-11H2,1-3H3,(H,21,23). The van der Waals surface area contributed by atoms with E-state index in [1.165, 1.54) is 17.8 Å². The Balaban J connectivity index is 1.48. The van der Waals surface area contributed by atoms with Gasteiger partial charge in [-0.15, -0.1) is 0 Å². The summed E-state index contributed by atoms with van der Waals surface area (Å²) in [4.78, 5) is 25.8. The van der Waals surface area contributed by atoms with E-state index in [1.807, 2.05) is 0 Å². The average Bonchev–Trinajstić information content (AvgIpc) is 3.07. The first-order chi connectivity index (χ1) is 11.8. The van der Waals surface area contributed by atoms with Crippen LogP contribution in [0.5, 0.6) is 0 Å². The van der Waals surface area contributed by atoms with E-state index in [0.717, 1.165) is 54.8 Å². The van der Waals surface area contributed by atoms with Crippen LogP contribution < -0.4 is 10.3 Å². The van der Waals surface area contributed by atoms with Gasteiger partial charge >= 0.3 is 4.87 Å². The summed E-state index contributed by atoms with van der Waals surface area (Å²) in [5.41, 5.74) is 5.27. The molecule has 1 aromatic heterocycles. The van der Waals surface area contributed by atoms with Crippen LogP contribution in [-0.2, 0) is 24.2 Å². The Morgan fingerprint density at radius 2 is 2.08 bits per heavy atom. The van der Waals surface area contributed by atoms with Gasteiger partial charge in [0, 0.05) is 21.7 Å². The molecule has 0 aliphatic heterocycles. The largest absolute Gasteiger partial charge is 0.308 e. The van der Waals surface area contributed by atoms with Gasteiger partial charge in [-0.3, -0.25) is 14.2 Å². The summed E-state index contributed by atoms with van der Waals surface area (Å²) in [7, 11) is 0. The van der Waals surface area contributed by atoms with E-state index in [-0.39, 0.29) is 28.2 Å². The number of amides is 1. The molecule has 3 aliphatic rings. The van der Waals surface area contributed by atoms with E-state index in [4.69, 9.17) is 0 Å². The Kier molecular flexibility index (Phi) is 3.94. The maximum atomic E-state index is 12.4. The SMILES string of the molecule is CC12CCC(CC1=NNC(=O)Cn1c3c(sc1=O)CCCC3)C2(C)C. The number of nitrogens with zero attached hydrogens (tertiary/aromatic N) is 2. The number of aryl methyl sites for hydroxylation is 1. The molecule has 3 aliphatic carbocycles. The fraction of sp³-hybridized carbons (Fsp3) is 0.737. The second-order valence-corrected chi connectivity index (χ2v) is 9.66. The molecule has 2 saturated carbocycles. The van der Waals surface area contributed by atoms with Crippen LogP contribution in [0.25, 0.3) is 0 Å². The number of aromatic nitrogens is 1. The fourth-order valence-corrected chi connectivity index (χ4v) is 6.17. The first-order valence-corrected chi connectivity index (χ1v) is 10.2. The highest BCUT2D eigenvalue weighted by Crippen LogP contribution is 2.63. The first kappa shape index (κ1) is 17.0. The zero-order chi connectivity index (χ0) is 17.8. The highest BCUT2D eigenvalue weighted by molar-refractivity contribution is 7.09. The van der Waals surface area contributed by atoms with Gasteiger partial charge < -0.3 is 0 Å². The van der Waals surface area contributed by atoms with E-state index in [2.05, 4.69) is 31.3 Å². The molecule has 0 spiro atoms. The molecule has 136 valence electrons. The number of hydrazone groups is 1. The van der Waals surface area contributed by atoms with E-state index in [0.29, 0.717) is 5.92 Å². The van der Waals surface area contributed by atoms with Gasteiger partial charge in [-0.1, -0.05) is 32.1 Å². The molecule has 1 heterocycles. The van der Waals surface area contributed by atoms with Crippen LogP contribution in [0.3, 0.4) is 0 Å². The second kappa shape index (κ2) is 5.79. The maximum absolute atomic E-state index is 12.4. The molecule has 2 unspecified atom stereocenters. The quantitative estimate of drug-likeness (QED) is 0.841. The summed E-state index contributed by atoms with van der Waals surface area (Å²) < 4.78 is 1.65. The monoisotopic (exact) mass is 361 g/mol. The maximum Gasteiger partial charge on any atom is 0.308 e. The molecule has 0 saturated heterocycles. The smallest absolute Gasteiger partial charge is 0.293 e. The topological polar surface area (TPSA) is 63.5 Å². The number of rotatable bonds is 3. The van der Waals surface area contributed by atoms with Gasteiger partial charge in [0.15, 0.2) is 0 Å². The third kappa shape index (κ3) is 2.52. The Morgan fingerprint density at radius 1 is 1.32 bits per heavy atom. The van der Waals surface area contributed by atoms with Crippen LogP contribution in [0.4, 0.5) is 0 Å². The van der Waals surface area contributed by atoms with Crippen LogP contribution in [0.15, 0.2) is 9.90 Å². The molecule has 2 bridgehead atoms. The van der Waals surface area contributed by atoms with Gasteiger partial charge in [0.2, 0.25) is 0 Å². The van der Waals surface area contributed by atoms with E-state index in [1.54, 1.807) is 4.57 Å². The molecule has 0 radical (unpaired) electrons. The molecule has 4 rings (SSSR count). The zero-order valence-electron chi connectivity index (χ0n) is 15.4. The van der Waals surface area contributed by atoms with Crippen molar-refractivity contribution >= 4 is 23.0 Å². The van der Waals surface area contributed by atoms with Crippen molar-refractivity contribution in [2.24, 2.45) is 21.8 Å². The van der Waals surface area contributed by atoms with Gasteiger partial charge in [-0.05, 0) is 56.3 Å². The number of hydrogen-bond donors (Lipinski definition) is 1. The molecule has 0 aromatic carbocycles. The molecule has 1 aromatic rings. The highest BCUT2D eigenvalue weighted by Gasteiger charge is 2.60. The number of hydrogen-bond acceptors (Lipinski definition) is 4. The minimum Gasteiger partial charge on any atom is -0.293 e. The van der Waals surface area contributed by atoms with Gasteiger partial charge in [0.1, 0.15) is 6.54 Å². The number of carbonyl (C=O) groups is 1. The number of fused-ring (bicyclic) bond motifs is 3. The Morgan fingerprint density at radius 3 is 2.76 bits per heavy atom. The lowest BCUT2D eigenvalue weighted by atomic mass is 9.70. The second-order valence-electron chi connectivity index (χ2n) is 8.62. The first-order valence-electron chi connectivity index (χ1n) is 9.40. The number of nitrogens with one attached hydrogen (secondary N) is 1. The molecule has 6 heteroatoms. The van der Waals surface area contributed by atoms with Crippen LogP contribution in [-0.4, -0.2) is 16.2 Å². The molecule has 25 heavy (non-hydrogen) atoms. The van der Waals surface area contributed by atoms with Crippen LogP contribution in [0.1, 0.15) is 63.4 Å². The third-order valence-electron chi connectivity index (χ3n) is 7.28. The van der Waals surface area contributed by atoms with Gasteiger partial charge in [-0.25, -0.2) is 5.43 Å². The van der Waals surface area contributed by atoms with Crippen LogP contribution in [0.2, 0.25) is 0 Å². The van der Waals surface area contributed by atoms with Crippen molar-refractivity contribution in [1.29, 1.82) is 0 Å². The summed E-state index contributed by atoms with van der Waals surface area (Å²) in [6.45, 7) is 7.02. The van der Waals surface area contributed by atoms with Crippen molar-refractivity contribution in [3.05, 3.63) is 20.2 Å². The lowest BCUT2D eigenvalue weighted by Crippen LogP contribution is -2.35. The summed E-state index contributed by atoms with van der Waals surface area (Å²) >= 11 is 1.30. The lowest BCUT2D eigenvalue weighted by Gasteiger charge is -2.34. The van der Waals surface area contributed by atoms with E-state index in [9.17, 15) is 9.59 Å². The van der Waals surface area contributed by atoms with Gasteiger partial charge in [-0.2, -0.15) is 5.10 Å². The predicted octanol–water partition coefficient (Wildman–Crippen LogP) is 3.11. The fourth-order valence-electron chi connectivity index (χ4n) is 5.09. The Hall–Kier alpha value is -1.43. The van der Waals surface area contributed by atoms with Crippen LogP contribution >= 0.6 is 11.3 Å². The highest BCUT2D eigenvalue weighted by atomic mass is 32.1. The van der Waals surface area contributed by atoms with E-state index >= 15 is 0 Å². The third-order valence-corrected chi connectivity index (χ3v) is 8.36. The normalized spacial score (nSPS) is 31.3. The minimum atomic E-state index is -0.190. The molecule has 1 amide bonds. The molecular formula is C19H27N3O2S. The lowest BCUT2D eigenvalue weighted by molar-refractivity contribution is -0.121. The summed E-state index contributed by atoms with van der Waals surface area (Å²) in [5.74, 6) is 0.476. The summed E-state index contributed by atoms with van der Waals surface area (Å²) in [6, 6.07) is 0. The van der Waals surface area contributed by atoms with Gasteiger partial charge in [0.25, 0.3) is 5.91 Å². The summed E-state index contributed by atoms with van der Waals surface area (Å²) in [6.07, 6.45) is 7.51. The molecule has 1 N–H and O–H groups in total. The van der Waals surface area contributed by atoms with Crippen molar-refractivity contribution in [1.82, 2.24) is 9.99 Å². The Bertz CT molecular complexity index is 804. The number of thiazole rings is 1. The molecule has 2 atom stereocenters. The van der Waals surface area contributed by atoms with Crippen molar-refractivity contribution < 1.29 is 4.79 Å². The van der Waals surface area contributed by atoms with Gasteiger partial charge in [0.05, 0.1) is 0 Å². The van der Waals surface area contributed by atoms with Crippen molar-refractivity contribution in [3.63, 3.8) is 0 Å². The Labute approximate surface area is 152 Å². The summed E-state index contributed by atoms with van der Waals surface area (Å²) in [5, 5.41) is 4.50. The van der Waals surface area contributed by atoms with Crippen LogP contribution in [0, 0.1) is 16.7 Å². The average molecular weight is 362 g/mol. The van der Waals surface area contributed by atoms with Crippen molar-refractivity contribution in [3.8, 4) is 0 Å². The number of carbonyl (C=O) groups excluding carboxylic acids is 1. The molecular weight excluding hydrogens is 334 g/mol. The van der Waals surface area contributed by atoms with Crippen molar-refractivity contribution in [2.75, 3.05) is 0 Å². The van der Waals surface area contributed by atoms with E-state index < -0.39 is 0 Å².